The van der Waals surface area contributed by atoms with Gasteiger partial charge in [-0.05, 0) is 6.07 Å². The fourth-order valence-corrected chi connectivity index (χ4v) is 2.57. The molecule has 0 aliphatic rings. The molecule has 0 aliphatic heterocycles. The zero-order valence-corrected chi connectivity index (χ0v) is 10.8. The number of nitrogens with zero attached hydrogens (tertiary/aromatic N) is 3. The SMILES string of the molecule is Nc1ncc(-c2cccnc2)c(-c2nccs2)c1N. The van der Waals surface area contributed by atoms with E-state index in [9.17, 15) is 0 Å². The number of pyridine rings is 2. The quantitative estimate of drug-likeness (QED) is 0.745. The standard InChI is InChI=1S/C13H11N5S/c14-11-10(13-17-4-5-19-13)9(7-18-12(11)15)8-2-1-3-16-6-8/h1-7H,14H2,(H2,15,18). The molecule has 94 valence electrons. The third-order valence-corrected chi connectivity index (χ3v) is 3.56. The zero-order chi connectivity index (χ0) is 13.2. The van der Waals surface area contributed by atoms with E-state index in [1.165, 1.54) is 11.3 Å². The van der Waals surface area contributed by atoms with E-state index in [0.717, 1.165) is 21.7 Å². The molecule has 3 aromatic rings. The summed E-state index contributed by atoms with van der Waals surface area (Å²) >= 11 is 1.51. The van der Waals surface area contributed by atoms with Gasteiger partial charge in [0, 0.05) is 46.9 Å². The number of aromatic nitrogens is 3. The third-order valence-electron chi connectivity index (χ3n) is 2.77. The number of nitrogen functional groups attached to an aromatic ring is 2. The van der Waals surface area contributed by atoms with Crippen LogP contribution in [0.5, 0.6) is 0 Å². The number of anilines is 2. The van der Waals surface area contributed by atoms with Crippen LogP contribution in [0.1, 0.15) is 0 Å². The zero-order valence-electron chi connectivity index (χ0n) is 9.95. The van der Waals surface area contributed by atoms with Gasteiger partial charge >= 0.3 is 0 Å². The molecule has 6 heteroatoms. The molecular formula is C13H11N5S. The Morgan fingerprint density at radius 2 is 1.95 bits per heavy atom. The second-order valence-electron chi connectivity index (χ2n) is 3.92. The Morgan fingerprint density at radius 3 is 2.63 bits per heavy atom. The maximum Gasteiger partial charge on any atom is 0.147 e. The van der Waals surface area contributed by atoms with Crippen LogP contribution in [0.2, 0.25) is 0 Å². The first-order valence-corrected chi connectivity index (χ1v) is 6.49. The Balaban J connectivity index is 2.29. The lowest BCUT2D eigenvalue weighted by molar-refractivity contribution is 1.30. The summed E-state index contributed by atoms with van der Waals surface area (Å²) in [6, 6.07) is 3.82. The molecule has 0 radical (unpaired) electrons. The van der Waals surface area contributed by atoms with Gasteiger partial charge in [-0.3, -0.25) is 4.98 Å². The Kier molecular flexibility index (Phi) is 2.85. The van der Waals surface area contributed by atoms with Crippen molar-refractivity contribution in [2.24, 2.45) is 0 Å². The monoisotopic (exact) mass is 269 g/mol. The van der Waals surface area contributed by atoms with Crippen LogP contribution in [-0.2, 0) is 0 Å². The number of rotatable bonds is 2. The van der Waals surface area contributed by atoms with Gasteiger partial charge in [0.25, 0.3) is 0 Å². The summed E-state index contributed by atoms with van der Waals surface area (Å²) in [7, 11) is 0. The molecule has 0 amide bonds. The second kappa shape index (κ2) is 4.66. The minimum absolute atomic E-state index is 0.317. The summed E-state index contributed by atoms with van der Waals surface area (Å²) in [4.78, 5) is 12.6. The van der Waals surface area contributed by atoms with Crippen LogP contribution in [0.25, 0.3) is 21.7 Å². The van der Waals surface area contributed by atoms with Gasteiger partial charge in [-0.25, -0.2) is 9.97 Å². The molecule has 0 bridgehead atoms. The first-order valence-electron chi connectivity index (χ1n) is 5.61. The van der Waals surface area contributed by atoms with Crippen molar-refractivity contribution in [3.8, 4) is 21.7 Å². The van der Waals surface area contributed by atoms with Crippen molar-refractivity contribution < 1.29 is 0 Å². The van der Waals surface area contributed by atoms with Crippen molar-refractivity contribution in [2.75, 3.05) is 11.5 Å². The largest absolute Gasteiger partial charge is 0.395 e. The predicted octanol–water partition coefficient (Wildman–Crippen LogP) is 2.43. The first-order chi connectivity index (χ1) is 9.27. The average molecular weight is 269 g/mol. The highest BCUT2D eigenvalue weighted by atomic mass is 32.1. The molecule has 5 nitrogen and oxygen atoms in total. The molecule has 3 rings (SSSR count). The lowest BCUT2D eigenvalue weighted by Gasteiger charge is -2.11. The minimum Gasteiger partial charge on any atom is -0.395 e. The number of nitrogens with two attached hydrogens (primary N) is 2. The van der Waals surface area contributed by atoms with E-state index < -0.39 is 0 Å². The predicted molar refractivity (Wildman–Crippen MR) is 77.4 cm³/mol. The van der Waals surface area contributed by atoms with Crippen molar-refractivity contribution in [1.82, 2.24) is 15.0 Å². The van der Waals surface area contributed by atoms with Gasteiger partial charge in [-0.15, -0.1) is 11.3 Å². The molecule has 0 saturated carbocycles. The molecule has 4 N–H and O–H groups in total. The van der Waals surface area contributed by atoms with E-state index in [0.29, 0.717) is 11.5 Å². The van der Waals surface area contributed by atoms with Gasteiger partial charge in [0.05, 0.1) is 5.69 Å². The summed E-state index contributed by atoms with van der Waals surface area (Å²) in [6.07, 6.45) is 6.94. The van der Waals surface area contributed by atoms with Crippen LogP contribution >= 0.6 is 11.3 Å². The van der Waals surface area contributed by atoms with E-state index in [4.69, 9.17) is 11.5 Å². The molecule has 0 aliphatic carbocycles. The van der Waals surface area contributed by atoms with Gasteiger partial charge in [0.2, 0.25) is 0 Å². The highest BCUT2D eigenvalue weighted by Crippen LogP contribution is 2.38. The molecule has 0 atom stereocenters. The van der Waals surface area contributed by atoms with Crippen LogP contribution in [0.4, 0.5) is 11.5 Å². The van der Waals surface area contributed by atoms with Crippen molar-refractivity contribution in [1.29, 1.82) is 0 Å². The van der Waals surface area contributed by atoms with Crippen molar-refractivity contribution in [3.05, 3.63) is 42.3 Å². The molecule has 0 spiro atoms. The Morgan fingerprint density at radius 1 is 1.05 bits per heavy atom. The topological polar surface area (TPSA) is 90.7 Å². The number of hydrogen-bond acceptors (Lipinski definition) is 6. The van der Waals surface area contributed by atoms with E-state index >= 15 is 0 Å². The Bertz CT molecular complexity index is 695. The van der Waals surface area contributed by atoms with Gasteiger partial charge < -0.3 is 11.5 Å². The van der Waals surface area contributed by atoms with Crippen LogP contribution in [0, 0.1) is 0 Å². The maximum absolute atomic E-state index is 6.07. The van der Waals surface area contributed by atoms with Gasteiger partial charge in [0.1, 0.15) is 10.8 Å². The first kappa shape index (κ1) is 11.6. The van der Waals surface area contributed by atoms with Crippen molar-refractivity contribution in [2.45, 2.75) is 0 Å². The van der Waals surface area contributed by atoms with Crippen molar-refractivity contribution in [3.63, 3.8) is 0 Å². The summed E-state index contributed by atoms with van der Waals surface area (Å²) in [5.74, 6) is 0.317. The van der Waals surface area contributed by atoms with Gasteiger partial charge in [-0.1, -0.05) is 6.07 Å². The summed E-state index contributed by atoms with van der Waals surface area (Å²) in [5.41, 5.74) is 15.0. The summed E-state index contributed by atoms with van der Waals surface area (Å²) < 4.78 is 0. The van der Waals surface area contributed by atoms with Gasteiger partial charge in [-0.2, -0.15) is 0 Å². The Hall–Kier alpha value is -2.47. The number of hydrogen-bond donors (Lipinski definition) is 2. The maximum atomic E-state index is 6.07. The Labute approximate surface area is 114 Å². The van der Waals surface area contributed by atoms with Crippen molar-refractivity contribution >= 4 is 22.8 Å². The van der Waals surface area contributed by atoms with E-state index in [-0.39, 0.29) is 0 Å². The van der Waals surface area contributed by atoms with Crippen LogP contribution in [0.3, 0.4) is 0 Å². The van der Waals surface area contributed by atoms with E-state index in [1.807, 2.05) is 17.5 Å². The van der Waals surface area contributed by atoms with E-state index in [2.05, 4.69) is 15.0 Å². The van der Waals surface area contributed by atoms with Crippen LogP contribution in [-0.4, -0.2) is 15.0 Å². The molecule has 0 aromatic carbocycles. The number of thiazole rings is 1. The molecular weight excluding hydrogens is 258 g/mol. The molecule has 0 fully saturated rings. The van der Waals surface area contributed by atoms with Gasteiger partial charge in [0.15, 0.2) is 0 Å². The fourth-order valence-electron chi connectivity index (χ4n) is 1.86. The highest BCUT2D eigenvalue weighted by Gasteiger charge is 2.16. The highest BCUT2D eigenvalue weighted by molar-refractivity contribution is 7.13. The lowest BCUT2D eigenvalue weighted by Crippen LogP contribution is -2.02. The van der Waals surface area contributed by atoms with Crippen LogP contribution < -0.4 is 11.5 Å². The average Bonchev–Trinajstić information content (AvgIpc) is 2.96. The minimum atomic E-state index is 0.317. The molecule has 3 heterocycles. The molecule has 3 aromatic heterocycles. The molecule has 0 unspecified atom stereocenters. The smallest absolute Gasteiger partial charge is 0.147 e. The molecule has 19 heavy (non-hydrogen) atoms. The molecule has 0 saturated heterocycles. The lowest BCUT2D eigenvalue weighted by atomic mass is 10.0. The third kappa shape index (κ3) is 2.02. The van der Waals surface area contributed by atoms with E-state index in [1.54, 1.807) is 24.8 Å². The summed E-state index contributed by atoms with van der Waals surface area (Å²) in [6.45, 7) is 0. The fraction of sp³-hybridized carbons (Fsp3) is 0. The normalized spacial score (nSPS) is 10.5. The second-order valence-corrected chi connectivity index (χ2v) is 4.82. The summed E-state index contributed by atoms with van der Waals surface area (Å²) in [5, 5.41) is 2.73. The van der Waals surface area contributed by atoms with Crippen LogP contribution in [0.15, 0.2) is 42.3 Å².